The Morgan fingerprint density at radius 3 is 2.42 bits per heavy atom. The Hall–Kier alpha value is -2.15. The molecule has 0 bridgehead atoms. The molecule has 0 aliphatic rings. The quantitative estimate of drug-likeness (QED) is 0.658. The smallest absolute Gasteiger partial charge is 0.419 e. The number of carbonyl (C=O) groups is 2. The number of aromatic nitrogens is 2. The van der Waals surface area contributed by atoms with Crippen molar-refractivity contribution in [3.63, 3.8) is 0 Å². The van der Waals surface area contributed by atoms with E-state index in [2.05, 4.69) is 20.9 Å². The first-order chi connectivity index (χ1) is 12.0. The van der Waals surface area contributed by atoms with Crippen LogP contribution in [0.1, 0.15) is 49.4 Å². The van der Waals surface area contributed by atoms with Gasteiger partial charge in [-0.1, -0.05) is 0 Å². The van der Waals surface area contributed by atoms with E-state index >= 15 is 0 Å². The van der Waals surface area contributed by atoms with Gasteiger partial charge in [-0.2, -0.15) is 0 Å². The fraction of sp³-hybridized carbons (Fsp3) is 0.421. The van der Waals surface area contributed by atoms with Crippen molar-refractivity contribution in [1.82, 2.24) is 9.55 Å². The molecule has 0 radical (unpaired) electrons. The molecule has 0 saturated carbocycles. The summed E-state index contributed by atoms with van der Waals surface area (Å²) in [5, 5.41) is 0. The van der Waals surface area contributed by atoms with Gasteiger partial charge < -0.3 is 9.47 Å². The molecule has 2 rings (SSSR count). The molecule has 2 heterocycles. The highest BCUT2D eigenvalue weighted by atomic mass is 79.9. The van der Waals surface area contributed by atoms with Crippen LogP contribution in [0.5, 0.6) is 0 Å². The third-order valence-corrected chi connectivity index (χ3v) is 3.97. The van der Waals surface area contributed by atoms with Gasteiger partial charge in [0, 0.05) is 21.9 Å². The van der Waals surface area contributed by atoms with E-state index in [0.29, 0.717) is 15.7 Å². The lowest BCUT2D eigenvalue weighted by Crippen LogP contribution is -2.29. The summed E-state index contributed by atoms with van der Waals surface area (Å²) in [5.74, 6) is -0.611. The van der Waals surface area contributed by atoms with E-state index in [-0.39, 0.29) is 12.3 Å². The maximum atomic E-state index is 12.6. The van der Waals surface area contributed by atoms with Crippen molar-refractivity contribution in [2.24, 2.45) is 0 Å². The lowest BCUT2D eigenvalue weighted by molar-refractivity contribution is 0.0450. The number of hydrogen-bond acceptors (Lipinski definition) is 5. The molecule has 2 aromatic rings. The number of rotatable bonds is 3. The third kappa shape index (κ3) is 4.52. The second-order valence-corrected chi connectivity index (χ2v) is 7.80. The molecular formula is C19H23BrN2O4. The van der Waals surface area contributed by atoms with E-state index in [0.717, 1.165) is 11.3 Å². The van der Waals surface area contributed by atoms with E-state index in [1.807, 2.05) is 26.0 Å². The molecule has 6 nitrogen and oxygen atoms in total. The molecule has 0 aromatic carbocycles. The molecule has 26 heavy (non-hydrogen) atoms. The van der Waals surface area contributed by atoms with Gasteiger partial charge in [0.1, 0.15) is 11.3 Å². The molecule has 0 aliphatic heterocycles. The van der Waals surface area contributed by atoms with Crippen LogP contribution in [-0.4, -0.2) is 33.8 Å². The summed E-state index contributed by atoms with van der Waals surface area (Å²) in [4.78, 5) is 29.7. The number of ether oxygens (including phenoxy) is 2. The monoisotopic (exact) mass is 422 g/mol. The van der Waals surface area contributed by atoms with Crippen molar-refractivity contribution < 1.29 is 19.1 Å². The van der Waals surface area contributed by atoms with Gasteiger partial charge in [0.05, 0.1) is 12.3 Å². The fourth-order valence-corrected chi connectivity index (χ4v) is 3.14. The number of esters is 1. The third-order valence-electron chi connectivity index (χ3n) is 3.37. The maximum absolute atomic E-state index is 12.6. The average Bonchev–Trinajstić information content (AvgIpc) is 2.82. The van der Waals surface area contributed by atoms with Crippen LogP contribution in [0.4, 0.5) is 4.79 Å². The summed E-state index contributed by atoms with van der Waals surface area (Å²) >= 11 is 3.44. The molecule has 0 saturated heterocycles. The SMILES string of the molecule is CCOC(=O)c1c(-c2cc(C)cc(C)n2)c(Br)cn1C(=O)OC(C)(C)C. The van der Waals surface area contributed by atoms with Gasteiger partial charge >= 0.3 is 12.1 Å². The van der Waals surface area contributed by atoms with Crippen LogP contribution in [0.3, 0.4) is 0 Å². The summed E-state index contributed by atoms with van der Waals surface area (Å²) in [6.07, 6.45) is 0.853. The second kappa shape index (κ2) is 7.61. The number of hydrogen-bond donors (Lipinski definition) is 0. The molecule has 0 fully saturated rings. The summed E-state index contributed by atoms with van der Waals surface area (Å²) in [6.45, 7) is 11.0. The molecule has 7 heteroatoms. The predicted octanol–water partition coefficient (Wildman–Crippen LogP) is 4.89. The van der Waals surface area contributed by atoms with Gasteiger partial charge in [0.2, 0.25) is 0 Å². The number of nitrogens with zero attached hydrogens (tertiary/aromatic N) is 2. The number of aryl methyl sites for hydroxylation is 2. The Labute approximate surface area is 161 Å². The van der Waals surface area contributed by atoms with Gasteiger partial charge in [0.25, 0.3) is 0 Å². The van der Waals surface area contributed by atoms with Crippen LogP contribution in [0, 0.1) is 13.8 Å². The van der Waals surface area contributed by atoms with Crippen LogP contribution in [0.25, 0.3) is 11.3 Å². The first-order valence-electron chi connectivity index (χ1n) is 8.30. The highest BCUT2D eigenvalue weighted by molar-refractivity contribution is 9.10. The lowest BCUT2D eigenvalue weighted by Gasteiger charge is -2.20. The molecule has 0 unspecified atom stereocenters. The van der Waals surface area contributed by atoms with Crippen LogP contribution in [0.2, 0.25) is 0 Å². The zero-order valence-electron chi connectivity index (χ0n) is 15.8. The number of halogens is 1. The fourth-order valence-electron chi connectivity index (χ4n) is 2.54. The van der Waals surface area contributed by atoms with Crippen LogP contribution < -0.4 is 0 Å². The Balaban J connectivity index is 2.68. The van der Waals surface area contributed by atoms with E-state index in [1.165, 1.54) is 10.8 Å². The first kappa shape index (κ1) is 20.2. The van der Waals surface area contributed by atoms with Gasteiger partial charge in [-0.3, -0.25) is 4.98 Å². The molecule has 140 valence electrons. The van der Waals surface area contributed by atoms with Gasteiger partial charge in [0.15, 0.2) is 0 Å². The second-order valence-electron chi connectivity index (χ2n) is 6.94. The molecule has 0 spiro atoms. The van der Waals surface area contributed by atoms with E-state index < -0.39 is 17.7 Å². The summed E-state index contributed by atoms with van der Waals surface area (Å²) in [6, 6.07) is 3.79. The number of carbonyl (C=O) groups excluding carboxylic acids is 2. The van der Waals surface area contributed by atoms with Crippen molar-refractivity contribution in [1.29, 1.82) is 0 Å². The van der Waals surface area contributed by atoms with Crippen molar-refractivity contribution in [3.05, 3.63) is 39.8 Å². The highest BCUT2D eigenvalue weighted by Crippen LogP contribution is 2.34. The van der Waals surface area contributed by atoms with E-state index in [9.17, 15) is 9.59 Å². The highest BCUT2D eigenvalue weighted by Gasteiger charge is 2.29. The Morgan fingerprint density at radius 2 is 1.88 bits per heavy atom. The maximum Gasteiger partial charge on any atom is 0.419 e. The Bertz CT molecular complexity index is 830. The number of pyridine rings is 1. The minimum atomic E-state index is -0.696. The van der Waals surface area contributed by atoms with Gasteiger partial charge in [-0.05, 0) is 75.2 Å². The Kier molecular flexibility index (Phi) is 5.91. The Morgan fingerprint density at radius 1 is 1.23 bits per heavy atom. The molecule has 0 atom stereocenters. The van der Waals surface area contributed by atoms with E-state index in [4.69, 9.17) is 9.47 Å². The van der Waals surface area contributed by atoms with Crippen LogP contribution in [0.15, 0.2) is 22.8 Å². The minimum absolute atomic E-state index is 0.0884. The summed E-state index contributed by atoms with van der Waals surface area (Å²) in [5.41, 5.74) is 2.29. The average molecular weight is 423 g/mol. The summed E-state index contributed by atoms with van der Waals surface area (Å²) < 4.78 is 12.3. The van der Waals surface area contributed by atoms with Gasteiger partial charge in [-0.15, -0.1) is 0 Å². The summed E-state index contributed by atoms with van der Waals surface area (Å²) in [7, 11) is 0. The largest absolute Gasteiger partial charge is 0.461 e. The molecular weight excluding hydrogens is 400 g/mol. The zero-order chi connectivity index (χ0) is 19.6. The van der Waals surface area contributed by atoms with Crippen molar-refractivity contribution in [3.8, 4) is 11.3 Å². The topological polar surface area (TPSA) is 70.4 Å². The minimum Gasteiger partial charge on any atom is -0.461 e. The van der Waals surface area contributed by atoms with Crippen LogP contribution in [-0.2, 0) is 9.47 Å². The van der Waals surface area contributed by atoms with Crippen molar-refractivity contribution in [2.45, 2.75) is 47.1 Å². The van der Waals surface area contributed by atoms with E-state index in [1.54, 1.807) is 27.7 Å². The molecule has 0 amide bonds. The van der Waals surface area contributed by atoms with Crippen molar-refractivity contribution in [2.75, 3.05) is 6.61 Å². The first-order valence-corrected chi connectivity index (χ1v) is 9.09. The zero-order valence-corrected chi connectivity index (χ0v) is 17.4. The predicted molar refractivity (Wildman–Crippen MR) is 102 cm³/mol. The molecule has 0 aliphatic carbocycles. The molecule has 0 N–H and O–H groups in total. The standard InChI is InChI=1S/C19H23BrN2O4/c1-7-25-17(23)16-15(14-9-11(2)8-12(3)21-14)13(20)10-22(16)18(24)26-19(4,5)6/h8-10H,7H2,1-6H3. The lowest BCUT2D eigenvalue weighted by atomic mass is 10.1. The molecule has 2 aromatic heterocycles. The van der Waals surface area contributed by atoms with Gasteiger partial charge in [-0.25, -0.2) is 14.2 Å². The normalized spacial score (nSPS) is 11.3. The van der Waals surface area contributed by atoms with Crippen LogP contribution >= 0.6 is 15.9 Å². The van der Waals surface area contributed by atoms with Crippen molar-refractivity contribution >= 4 is 28.0 Å².